The lowest BCUT2D eigenvalue weighted by atomic mass is 10.1. The first-order chi connectivity index (χ1) is 10.0. The van der Waals surface area contributed by atoms with Gasteiger partial charge in [0.25, 0.3) is 0 Å². The normalized spacial score (nSPS) is 20.6. The minimum absolute atomic E-state index is 0. The molecule has 2 rings (SSSR count). The Morgan fingerprint density at radius 3 is 2.82 bits per heavy atom. The minimum Gasteiger partial charge on any atom is -0.492 e. The van der Waals surface area contributed by atoms with Crippen LogP contribution in [0.15, 0.2) is 22.7 Å². The smallest absolute Gasteiger partial charge is 0.226 e. The van der Waals surface area contributed by atoms with E-state index in [1.54, 1.807) is 0 Å². The molecular weight excluding hydrogens is 368 g/mol. The van der Waals surface area contributed by atoms with E-state index in [2.05, 4.69) is 22.9 Å². The fourth-order valence-electron chi connectivity index (χ4n) is 2.78. The molecule has 0 aromatic heterocycles. The number of carbonyl (C=O) groups is 1. The Hall–Kier alpha value is -0.780. The number of nitrogens with two attached hydrogens (primary N) is 1. The zero-order valence-corrected chi connectivity index (χ0v) is 15.5. The third kappa shape index (κ3) is 4.86. The molecule has 1 saturated heterocycles. The van der Waals surface area contributed by atoms with Crippen LogP contribution in [-0.2, 0) is 4.79 Å². The maximum atomic E-state index is 12.2. The Morgan fingerprint density at radius 1 is 1.50 bits per heavy atom. The van der Waals surface area contributed by atoms with E-state index in [9.17, 15) is 4.79 Å². The Balaban J connectivity index is 0.00000242. The molecule has 0 aliphatic carbocycles. The molecule has 1 aliphatic heterocycles. The number of rotatable bonds is 5. The summed E-state index contributed by atoms with van der Waals surface area (Å²) in [6.07, 6.45) is 1.41. The number of halogens is 2. The largest absolute Gasteiger partial charge is 0.492 e. The second-order valence-corrected chi connectivity index (χ2v) is 6.62. The van der Waals surface area contributed by atoms with Crippen LogP contribution in [0.1, 0.15) is 25.3 Å². The van der Waals surface area contributed by atoms with Crippen molar-refractivity contribution in [2.75, 3.05) is 19.7 Å². The predicted octanol–water partition coefficient (Wildman–Crippen LogP) is 3.14. The van der Waals surface area contributed by atoms with Crippen molar-refractivity contribution in [1.29, 1.82) is 0 Å². The molecule has 0 bridgehead atoms. The fourth-order valence-corrected chi connectivity index (χ4v) is 3.38. The highest BCUT2D eigenvalue weighted by atomic mass is 79.9. The van der Waals surface area contributed by atoms with Gasteiger partial charge in [-0.25, -0.2) is 0 Å². The number of ether oxygens (including phenoxy) is 1. The number of hydrogen-bond donors (Lipinski definition) is 1. The summed E-state index contributed by atoms with van der Waals surface area (Å²) >= 11 is 3.47. The van der Waals surface area contributed by atoms with Crippen molar-refractivity contribution in [3.8, 4) is 5.75 Å². The van der Waals surface area contributed by atoms with E-state index in [0.29, 0.717) is 25.5 Å². The van der Waals surface area contributed by atoms with Crippen LogP contribution in [0.3, 0.4) is 0 Å². The SMILES string of the molecule is Cc1ccc(OCCC(=O)N2CC(CN)CC2C)c(Br)c1.Cl. The molecule has 0 spiro atoms. The summed E-state index contributed by atoms with van der Waals surface area (Å²) in [6.45, 7) is 5.95. The highest BCUT2D eigenvalue weighted by molar-refractivity contribution is 9.10. The molecule has 124 valence electrons. The number of carbonyl (C=O) groups excluding carboxylic acids is 1. The van der Waals surface area contributed by atoms with Crippen molar-refractivity contribution in [3.63, 3.8) is 0 Å². The molecule has 1 amide bonds. The molecule has 4 nitrogen and oxygen atoms in total. The van der Waals surface area contributed by atoms with Crippen LogP contribution in [0.5, 0.6) is 5.75 Å². The van der Waals surface area contributed by atoms with Crippen molar-refractivity contribution < 1.29 is 9.53 Å². The molecule has 1 aliphatic rings. The van der Waals surface area contributed by atoms with Gasteiger partial charge in [-0.3, -0.25) is 4.79 Å². The van der Waals surface area contributed by atoms with Crippen LogP contribution in [0.4, 0.5) is 0 Å². The highest BCUT2D eigenvalue weighted by Gasteiger charge is 2.31. The summed E-state index contributed by atoms with van der Waals surface area (Å²) < 4.78 is 6.62. The molecule has 2 atom stereocenters. The van der Waals surface area contributed by atoms with Crippen LogP contribution in [0.25, 0.3) is 0 Å². The molecule has 22 heavy (non-hydrogen) atoms. The van der Waals surface area contributed by atoms with E-state index in [-0.39, 0.29) is 24.4 Å². The van der Waals surface area contributed by atoms with Crippen molar-refractivity contribution in [2.45, 2.75) is 32.7 Å². The fraction of sp³-hybridized carbons (Fsp3) is 0.562. The van der Waals surface area contributed by atoms with Gasteiger partial charge >= 0.3 is 0 Å². The molecule has 0 radical (unpaired) electrons. The summed E-state index contributed by atoms with van der Waals surface area (Å²) in [4.78, 5) is 14.2. The van der Waals surface area contributed by atoms with Gasteiger partial charge in [-0.1, -0.05) is 6.07 Å². The van der Waals surface area contributed by atoms with Gasteiger partial charge in [0, 0.05) is 12.6 Å². The average Bonchev–Trinajstić information content (AvgIpc) is 2.82. The van der Waals surface area contributed by atoms with E-state index in [4.69, 9.17) is 10.5 Å². The number of amides is 1. The van der Waals surface area contributed by atoms with Crippen molar-refractivity contribution >= 4 is 34.2 Å². The Morgan fingerprint density at radius 2 is 2.23 bits per heavy atom. The maximum absolute atomic E-state index is 12.2. The zero-order chi connectivity index (χ0) is 15.4. The lowest BCUT2D eigenvalue weighted by molar-refractivity contribution is -0.132. The summed E-state index contributed by atoms with van der Waals surface area (Å²) in [5.74, 6) is 1.38. The topological polar surface area (TPSA) is 55.6 Å². The van der Waals surface area contributed by atoms with Crippen LogP contribution >= 0.6 is 28.3 Å². The first-order valence-corrected chi connectivity index (χ1v) is 8.19. The van der Waals surface area contributed by atoms with E-state index >= 15 is 0 Å². The molecule has 1 fully saturated rings. The Labute approximate surface area is 146 Å². The minimum atomic E-state index is 0. The quantitative estimate of drug-likeness (QED) is 0.839. The summed E-state index contributed by atoms with van der Waals surface area (Å²) in [7, 11) is 0. The second-order valence-electron chi connectivity index (χ2n) is 5.76. The average molecular weight is 392 g/mol. The van der Waals surface area contributed by atoms with Gasteiger partial charge in [-0.2, -0.15) is 0 Å². The van der Waals surface area contributed by atoms with Gasteiger partial charge in [0.1, 0.15) is 5.75 Å². The number of hydrogen-bond acceptors (Lipinski definition) is 3. The summed E-state index contributed by atoms with van der Waals surface area (Å²) in [5, 5.41) is 0. The maximum Gasteiger partial charge on any atom is 0.226 e. The third-order valence-corrected chi connectivity index (χ3v) is 4.60. The van der Waals surface area contributed by atoms with Crippen LogP contribution in [0.2, 0.25) is 0 Å². The van der Waals surface area contributed by atoms with Gasteiger partial charge in [0.05, 0.1) is 17.5 Å². The highest BCUT2D eigenvalue weighted by Crippen LogP contribution is 2.26. The lowest BCUT2D eigenvalue weighted by Crippen LogP contribution is -2.35. The molecule has 0 saturated carbocycles. The zero-order valence-electron chi connectivity index (χ0n) is 13.0. The third-order valence-electron chi connectivity index (χ3n) is 3.98. The van der Waals surface area contributed by atoms with Gasteiger partial charge < -0.3 is 15.4 Å². The van der Waals surface area contributed by atoms with Crippen LogP contribution < -0.4 is 10.5 Å². The molecule has 1 aromatic rings. The second kappa shape index (κ2) is 8.75. The van der Waals surface area contributed by atoms with Gasteiger partial charge in [-0.15, -0.1) is 12.4 Å². The standard InChI is InChI=1S/C16H23BrN2O2.ClH/c1-11-3-4-15(14(17)7-11)21-6-5-16(20)19-10-13(9-18)8-12(19)2;/h3-4,7,12-13H,5-6,8-10,18H2,1-2H3;1H. The Kier molecular flexibility index (Phi) is 7.66. The van der Waals surface area contributed by atoms with E-state index in [1.165, 1.54) is 5.56 Å². The molecule has 1 heterocycles. The number of likely N-dealkylation sites (tertiary alicyclic amines) is 1. The lowest BCUT2D eigenvalue weighted by Gasteiger charge is -2.21. The molecule has 1 aromatic carbocycles. The number of benzene rings is 1. The van der Waals surface area contributed by atoms with Gasteiger partial charge in [0.15, 0.2) is 0 Å². The van der Waals surface area contributed by atoms with Gasteiger partial charge in [0.2, 0.25) is 5.91 Å². The Bertz CT molecular complexity index is 513. The summed E-state index contributed by atoms with van der Waals surface area (Å²) in [6, 6.07) is 6.21. The number of aryl methyl sites for hydroxylation is 1. The van der Waals surface area contributed by atoms with Crippen molar-refractivity contribution in [3.05, 3.63) is 28.2 Å². The van der Waals surface area contributed by atoms with Crippen molar-refractivity contribution in [2.24, 2.45) is 11.7 Å². The van der Waals surface area contributed by atoms with Crippen LogP contribution in [-0.4, -0.2) is 36.5 Å². The first kappa shape index (κ1) is 19.3. The molecule has 2 N–H and O–H groups in total. The monoisotopic (exact) mass is 390 g/mol. The van der Waals surface area contributed by atoms with E-state index in [1.807, 2.05) is 30.0 Å². The van der Waals surface area contributed by atoms with Crippen LogP contribution in [0, 0.1) is 12.8 Å². The van der Waals surface area contributed by atoms with E-state index < -0.39 is 0 Å². The molecule has 6 heteroatoms. The van der Waals surface area contributed by atoms with Crippen molar-refractivity contribution in [1.82, 2.24) is 4.90 Å². The molecule has 2 unspecified atom stereocenters. The van der Waals surface area contributed by atoms with Gasteiger partial charge in [-0.05, 0) is 66.4 Å². The molecular formula is C16H24BrClN2O2. The first-order valence-electron chi connectivity index (χ1n) is 7.39. The number of nitrogens with zero attached hydrogens (tertiary/aromatic N) is 1. The predicted molar refractivity (Wildman–Crippen MR) is 94.6 cm³/mol. The van der Waals surface area contributed by atoms with E-state index in [0.717, 1.165) is 23.2 Å². The summed E-state index contributed by atoms with van der Waals surface area (Å²) in [5.41, 5.74) is 6.87.